The first-order chi connectivity index (χ1) is 23.6. The lowest BCUT2D eigenvalue weighted by Crippen LogP contribution is -2.37. The third-order valence-electron chi connectivity index (χ3n) is 8.90. The molecule has 10 heterocycles. The van der Waals surface area contributed by atoms with Gasteiger partial charge in [-0.25, -0.2) is 43.2 Å². The Balaban J connectivity index is 1.12. The summed E-state index contributed by atoms with van der Waals surface area (Å²) in [6.07, 6.45) is -7.31. The fourth-order valence-corrected chi connectivity index (χ4v) is 9.35. The quantitative estimate of drug-likeness (QED) is 0.0969. The Labute approximate surface area is 284 Å². The summed E-state index contributed by atoms with van der Waals surface area (Å²) in [4.78, 5) is 37.1. The van der Waals surface area contributed by atoms with Gasteiger partial charge in [0.25, 0.3) is 0 Å². The van der Waals surface area contributed by atoms with Crippen molar-refractivity contribution in [1.82, 2.24) is 44.4 Å². The van der Waals surface area contributed by atoms with E-state index >= 15 is 8.78 Å². The monoisotopic (exact) mass is 761 g/mol. The van der Waals surface area contributed by atoms with Gasteiger partial charge in [0.15, 0.2) is 58.8 Å². The average molecular weight is 762 g/mol. The van der Waals surface area contributed by atoms with Gasteiger partial charge >= 0.3 is 13.5 Å². The molecule has 19 nitrogen and oxygen atoms in total. The first-order valence-corrected chi connectivity index (χ1v) is 20.3. The van der Waals surface area contributed by atoms with Gasteiger partial charge in [-0.2, -0.15) is 0 Å². The van der Waals surface area contributed by atoms with Crippen LogP contribution < -0.4 is 16.0 Å². The fraction of sp³-hybridized carbons (Fsp3) is 0.583. The van der Waals surface area contributed by atoms with E-state index in [4.69, 9.17) is 39.4 Å². The number of aromatic nitrogens is 8. The molecule has 0 saturated carbocycles. The average Bonchev–Trinajstić information content (AvgIpc) is 3.34. The van der Waals surface area contributed by atoms with Gasteiger partial charge in [-0.15, -0.1) is 0 Å². The number of nitrogens with one attached hydrogen (secondary N) is 3. The molecule has 4 fully saturated rings. The summed E-state index contributed by atoms with van der Waals surface area (Å²) in [6, 6.07) is 0.131. The standard InChI is InChI=1S/C24H27F2N11O8P2S2/c25-13-17-11-3-40-47(39,49)45-18-12(4-41-46(38,48)44-17)43-24(14(18)26)37-8-34-16-20(30-6-32-22(16)37)28-2-10-9(35-10)1-27-19-15-21(31-5-29-19)36(7-33-15)23(13)42-11/h5-14,17-18,23-24,35H,1-4H2,(H,38,48)(H,39,49)(H,27,29,31)(H,28,30,32)/t9?,10?,11-,12?,13-,14-,17-,18-,23-,24?,46?,47?/m1/s1. The maximum Gasteiger partial charge on any atom is 0.386 e. The van der Waals surface area contributed by atoms with Crippen molar-refractivity contribution in [3.63, 3.8) is 0 Å². The fourth-order valence-electron chi connectivity index (χ4n) is 6.43. The summed E-state index contributed by atoms with van der Waals surface area (Å²) in [5.41, 5.74) is 1.17. The number of rotatable bonds is 0. The van der Waals surface area contributed by atoms with Gasteiger partial charge in [0.05, 0.1) is 25.9 Å². The summed E-state index contributed by atoms with van der Waals surface area (Å²) < 4.78 is 83.1. The molecule has 4 aromatic heterocycles. The Hall–Kier alpha value is -2.53. The largest absolute Gasteiger partial charge is 0.386 e. The number of hydrogen-bond donors (Lipinski definition) is 5. The summed E-state index contributed by atoms with van der Waals surface area (Å²) in [5.74, 6) is 0.823. The molecule has 0 spiro atoms. The molecule has 6 aliphatic rings. The second-order valence-corrected chi connectivity index (χ2v) is 17.6. The second-order valence-electron chi connectivity index (χ2n) is 11.9. The van der Waals surface area contributed by atoms with Gasteiger partial charge in [0.1, 0.15) is 37.1 Å². The van der Waals surface area contributed by atoms with E-state index in [1.165, 1.54) is 34.4 Å². The molecule has 262 valence electrons. The van der Waals surface area contributed by atoms with Crippen molar-refractivity contribution in [2.45, 2.75) is 61.3 Å². The number of thiol groups is 1. The number of alkyl halides is 2. The van der Waals surface area contributed by atoms with E-state index in [0.717, 1.165) is 0 Å². The minimum Gasteiger partial charge on any atom is -0.366 e. The molecule has 25 heteroatoms. The van der Waals surface area contributed by atoms with Crippen molar-refractivity contribution in [2.24, 2.45) is 0 Å². The van der Waals surface area contributed by atoms with Crippen molar-refractivity contribution in [3.8, 4) is 0 Å². The van der Waals surface area contributed by atoms with E-state index in [2.05, 4.69) is 58.1 Å². The van der Waals surface area contributed by atoms with Crippen LogP contribution in [0.3, 0.4) is 0 Å². The Morgan fingerprint density at radius 3 is 1.88 bits per heavy atom. The number of ether oxygens (including phenoxy) is 2. The van der Waals surface area contributed by atoms with Crippen LogP contribution in [0.5, 0.6) is 0 Å². The number of hydrogen-bond acceptors (Lipinski definition) is 17. The molecule has 6 unspecified atom stereocenters. The maximum absolute atomic E-state index is 16.3. The predicted molar refractivity (Wildman–Crippen MR) is 171 cm³/mol. The Bertz CT molecular complexity index is 1890. The SMILES string of the molecule is O=P1(S)OCC2OC3[C@H](F)[C@@H]2OP(O)(=S)OC[C@H]2O[C@H]([C@H](F)[C@@H]2O1)n1cnc2c(ncnc21)NCC1NC1CNc1ncnc2c1ncn23. The molecule has 0 amide bonds. The van der Waals surface area contributed by atoms with Crippen LogP contribution in [0, 0.1) is 0 Å². The summed E-state index contributed by atoms with van der Waals surface area (Å²) in [6.45, 7) is -8.87. The first-order valence-electron chi connectivity index (χ1n) is 15.0. The molecular weight excluding hydrogens is 734 g/mol. The molecule has 10 rings (SSSR count). The van der Waals surface area contributed by atoms with Crippen molar-refractivity contribution in [1.29, 1.82) is 0 Å². The van der Waals surface area contributed by atoms with E-state index in [-0.39, 0.29) is 23.4 Å². The van der Waals surface area contributed by atoms with Crippen molar-refractivity contribution in [3.05, 3.63) is 25.3 Å². The van der Waals surface area contributed by atoms with E-state index in [1.807, 2.05) is 0 Å². The molecule has 0 aromatic carbocycles. The van der Waals surface area contributed by atoms with Gasteiger partial charge < -0.3 is 34.8 Å². The zero-order valence-corrected chi connectivity index (χ0v) is 28.3. The Morgan fingerprint density at radius 1 is 0.816 bits per heavy atom. The predicted octanol–water partition coefficient (Wildman–Crippen LogP) is 1.39. The molecule has 4 N–H and O–H groups in total. The topological polar surface area (TPSA) is 226 Å². The molecule has 49 heavy (non-hydrogen) atoms. The smallest absolute Gasteiger partial charge is 0.366 e. The van der Waals surface area contributed by atoms with Crippen LogP contribution in [-0.4, -0.2) is 119 Å². The Kier molecular flexibility index (Phi) is 7.95. The lowest BCUT2D eigenvalue weighted by molar-refractivity contribution is -0.0564. The molecule has 0 aliphatic carbocycles. The molecular formula is C24H27F2N11O8P2S2. The van der Waals surface area contributed by atoms with Crippen molar-refractivity contribution in [2.75, 3.05) is 36.9 Å². The molecule has 12 atom stereocenters. The highest BCUT2D eigenvalue weighted by atomic mass is 32.7. The lowest BCUT2D eigenvalue weighted by Gasteiger charge is -2.29. The van der Waals surface area contributed by atoms with Crippen LogP contribution in [-0.2, 0) is 43.9 Å². The minimum atomic E-state index is -4.38. The third kappa shape index (κ3) is 5.82. The minimum absolute atomic E-state index is 0.0655. The molecule has 4 aromatic rings. The van der Waals surface area contributed by atoms with Gasteiger partial charge in [-0.3, -0.25) is 22.7 Å². The van der Waals surface area contributed by atoms with Crippen LogP contribution in [0.1, 0.15) is 12.5 Å². The summed E-state index contributed by atoms with van der Waals surface area (Å²) in [5, 5.41) is 9.90. The van der Waals surface area contributed by atoms with Crippen LogP contribution in [0.4, 0.5) is 20.4 Å². The van der Waals surface area contributed by atoms with E-state index < -0.39 is 75.9 Å². The second kappa shape index (κ2) is 12.0. The Morgan fingerprint density at radius 2 is 1.33 bits per heavy atom. The zero-order chi connectivity index (χ0) is 33.7. The normalized spacial score (nSPS) is 40.8. The van der Waals surface area contributed by atoms with Crippen LogP contribution in [0.2, 0.25) is 0 Å². The highest BCUT2D eigenvalue weighted by molar-refractivity contribution is 8.44. The number of imidazole rings is 2. The maximum atomic E-state index is 16.3. The van der Waals surface area contributed by atoms with Gasteiger partial charge in [0.2, 0.25) is 0 Å². The highest BCUT2D eigenvalue weighted by Crippen LogP contribution is 2.58. The molecule has 0 radical (unpaired) electrons. The van der Waals surface area contributed by atoms with E-state index in [9.17, 15) is 9.46 Å². The van der Waals surface area contributed by atoms with Gasteiger partial charge in [0, 0.05) is 25.2 Å². The van der Waals surface area contributed by atoms with Crippen LogP contribution in [0.15, 0.2) is 25.3 Å². The number of anilines is 2. The molecule has 14 bridgehead atoms. The molecule has 6 aliphatic heterocycles. The van der Waals surface area contributed by atoms with Crippen LogP contribution >= 0.6 is 25.8 Å². The number of nitrogens with zero attached hydrogens (tertiary/aromatic N) is 8. The van der Waals surface area contributed by atoms with Crippen LogP contribution in [0.25, 0.3) is 22.3 Å². The van der Waals surface area contributed by atoms with E-state index in [1.54, 1.807) is 0 Å². The first kappa shape index (κ1) is 32.4. The van der Waals surface area contributed by atoms with Gasteiger partial charge in [-0.05, 0) is 11.8 Å². The number of halogens is 2. The molecule has 4 saturated heterocycles. The van der Waals surface area contributed by atoms with E-state index in [0.29, 0.717) is 35.8 Å². The van der Waals surface area contributed by atoms with Crippen molar-refractivity contribution >= 4 is 71.5 Å². The lowest BCUT2D eigenvalue weighted by atomic mass is 10.1. The summed E-state index contributed by atoms with van der Waals surface area (Å²) >= 11 is 9.30. The highest BCUT2D eigenvalue weighted by Gasteiger charge is 2.54. The third-order valence-corrected chi connectivity index (χ3v) is 12.1. The zero-order valence-electron chi connectivity index (χ0n) is 24.8. The van der Waals surface area contributed by atoms with Gasteiger partial charge in [-0.1, -0.05) is 12.2 Å². The van der Waals surface area contributed by atoms with Crippen molar-refractivity contribution < 1.29 is 45.8 Å². The number of fused-ring (bicyclic) bond motifs is 8. The summed E-state index contributed by atoms with van der Waals surface area (Å²) in [7, 11) is 0.